The number of nitrogens with one attached hydrogen (secondary N) is 1. The molecule has 0 unspecified atom stereocenters. The van der Waals surface area contributed by atoms with Crippen molar-refractivity contribution >= 4 is 44.3 Å². The Morgan fingerprint density at radius 3 is 2.77 bits per heavy atom. The molecule has 7 nitrogen and oxygen atoms in total. The highest BCUT2D eigenvalue weighted by Gasteiger charge is 2.15. The van der Waals surface area contributed by atoms with Crippen LogP contribution in [0.2, 0.25) is 0 Å². The summed E-state index contributed by atoms with van der Waals surface area (Å²) in [6, 6.07) is 6.46. The van der Waals surface area contributed by atoms with E-state index in [9.17, 15) is 10.1 Å². The first-order valence-corrected chi connectivity index (χ1v) is 7.93. The van der Waals surface area contributed by atoms with E-state index in [2.05, 4.69) is 15.3 Å². The summed E-state index contributed by atoms with van der Waals surface area (Å²) in [4.78, 5) is 20.1. The predicted octanol–water partition coefficient (Wildman–Crippen LogP) is 3.81. The molecule has 0 amide bonds. The maximum atomic E-state index is 11.0. The quantitative estimate of drug-likeness (QED) is 0.555. The number of nitro benzene ring substituents is 1. The van der Waals surface area contributed by atoms with Crippen molar-refractivity contribution in [3.05, 3.63) is 45.5 Å². The monoisotopic (exact) mass is 333 g/mol. The Balaban J connectivity index is 1.89. The Morgan fingerprint density at radius 1 is 1.32 bits per heavy atom. The molecule has 0 aliphatic heterocycles. The summed E-state index contributed by atoms with van der Waals surface area (Å²) < 4.78 is 0. The number of benzene rings is 1. The van der Waals surface area contributed by atoms with E-state index < -0.39 is 4.92 Å². The summed E-state index contributed by atoms with van der Waals surface area (Å²) in [7, 11) is 0. The number of aryl methyl sites for hydroxylation is 1. The van der Waals surface area contributed by atoms with E-state index in [0.29, 0.717) is 16.0 Å². The molecule has 3 N–H and O–H groups in total. The number of nitro groups is 1. The molecule has 0 aliphatic carbocycles. The highest BCUT2D eigenvalue weighted by molar-refractivity contribution is 7.19. The first-order chi connectivity index (χ1) is 10.5. The third kappa shape index (κ3) is 2.76. The molecule has 0 spiro atoms. The van der Waals surface area contributed by atoms with Gasteiger partial charge in [0.2, 0.25) is 0 Å². The maximum absolute atomic E-state index is 11.0. The average Bonchev–Trinajstić information content (AvgIpc) is 3.05. The van der Waals surface area contributed by atoms with E-state index in [4.69, 9.17) is 5.73 Å². The van der Waals surface area contributed by atoms with Crippen molar-refractivity contribution in [2.45, 2.75) is 6.92 Å². The lowest BCUT2D eigenvalue weighted by molar-refractivity contribution is -0.383. The Labute approximate surface area is 133 Å². The van der Waals surface area contributed by atoms with Gasteiger partial charge in [-0.1, -0.05) is 23.5 Å². The van der Waals surface area contributed by atoms with Gasteiger partial charge in [0.05, 0.1) is 21.2 Å². The molecule has 0 bridgehead atoms. The van der Waals surface area contributed by atoms with Crippen LogP contribution in [0, 0.1) is 17.0 Å². The third-order valence-corrected chi connectivity index (χ3v) is 4.66. The highest BCUT2D eigenvalue weighted by Crippen LogP contribution is 2.35. The normalized spacial score (nSPS) is 10.6. The molecule has 1 aromatic carbocycles. The van der Waals surface area contributed by atoms with Gasteiger partial charge in [0.1, 0.15) is 5.69 Å². The van der Waals surface area contributed by atoms with Gasteiger partial charge in [-0.05, 0) is 13.0 Å². The van der Waals surface area contributed by atoms with Crippen molar-refractivity contribution in [2.75, 3.05) is 11.1 Å². The summed E-state index contributed by atoms with van der Waals surface area (Å²) >= 11 is 2.74. The minimum Gasteiger partial charge on any atom is -0.375 e. The number of nitrogen functional groups attached to an aromatic ring is 1. The second-order valence-corrected chi connectivity index (χ2v) is 6.29. The Kier molecular flexibility index (Phi) is 3.73. The summed E-state index contributed by atoms with van der Waals surface area (Å²) in [6.45, 7) is 1.87. The van der Waals surface area contributed by atoms with Crippen LogP contribution in [-0.4, -0.2) is 14.9 Å². The predicted molar refractivity (Wildman–Crippen MR) is 88.8 cm³/mol. The van der Waals surface area contributed by atoms with Crippen molar-refractivity contribution in [1.82, 2.24) is 9.97 Å². The lowest BCUT2D eigenvalue weighted by atomic mass is 10.3. The van der Waals surface area contributed by atoms with Crippen molar-refractivity contribution in [3.63, 3.8) is 0 Å². The summed E-state index contributed by atoms with van der Waals surface area (Å²) in [5.74, 6) is 0. The molecule has 2 heterocycles. The molecule has 112 valence electrons. The van der Waals surface area contributed by atoms with Crippen LogP contribution in [0.3, 0.4) is 0 Å². The second-order valence-electron chi connectivity index (χ2n) is 4.40. The van der Waals surface area contributed by atoms with Crippen LogP contribution in [-0.2, 0) is 0 Å². The van der Waals surface area contributed by atoms with Crippen LogP contribution in [0.5, 0.6) is 0 Å². The van der Waals surface area contributed by atoms with Crippen LogP contribution in [0.15, 0.2) is 29.6 Å². The molecule has 0 aliphatic rings. The van der Waals surface area contributed by atoms with Crippen LogP contribution in [0.25, 0.3) is 10.6 Å². The molecular formula is C13H11N5O2S2. The average molecular weight is 333 g/mol. The van der Waals surface area contributed by atoms with Gasteiger partial charge >= 0.3 is 0 Å². The van der Waals surface area contributed by atoms with Gasteiger partial charge in [-0.25, -0.2) is 9.97 Å². The van der Waals surface area contributed by atoms with Crippen LogP contribution in [0.4, 0.5) is 21.6 Å². The standard InChI is InChI=1S/C13H11N5O2S2/c1-7-11(22-12(14)15-7)9-6-21-13(17-9)16-8-4-2-3-5-10(8)18(19)20/h2-6H,1H3,(H2,14,15)(H,16,17). The van der Waals surface area contributed by atoms with E-state index in [-0.39, 0.29) is 5.69 Å². The molecule has 9 heteroatoms. The molecule has 3 rings (SSSR count). The number of nitrogens with zero attached hydrogens (tertiary/aromatic N) is 3. The molecular weight excluding hydrogens is 322 g/mol. The van der Waals surface area contributed by atoms with Crippen molar-refractivity contribution < 1.29 is 4.92 Å². The van der Waals surface area contributed by atoms with E-state index in [1.165, 1.54) is 28.7 Å². The lowest BCUT2D eigenvalue weighted by Crippen LogP contribution is -1.96. The number of anilines is 3. The van der Waals surface area contributed by atoms with E-state index in [1.807, 2.05) is 12.3 Å². The van der Waals surface area contributed by atoms with Crippen molar-refractivity contribution in [3.8, 4) is 10.6 Å². The van der Waals surface area contributed by atoms with Gasteiger partial charge in [0.25, 0.3) is 5.69 Å². The Bertz CT molecular complexity index is 843. The molecule has 22 heavy (non-hydrogen) atoms. The minimum absolute atomic E-state index is 0.0115. The molecule has 0 radical (unpaired) electrons. The number of hydrogen-bond donors (Lipinski definition) is 2. The summed E-state index contributed by atoms with van der Waals surface area (Å²) in [6.07, 6.45) is 0. The largest absolute Gasteiger partial charge is 0.375 e. The van der Waals surface area contributed by atoms with E-state index >= 15 is 0 Å². The smallest absolute Gasteiger partial charge is 0.292 e. The van der Waals surface area contributed by atoms with Gasteiger partial charge in [-0.15, -0.1) is 11.3 Å². The van der Waals surface area contributed by atoms with Crippen LogP contribution < -0.4 is 11.1 Å². The van der Waals surface area contributed by atoms with Gasteiger partial charge in [-0.2, -0.15) is 0 Å². The Morgan fingerprint density at radius 2 is 2.09 bits per heavy atom. The number of rotatable bonds is 4. The number of nitrogens with two attached hydrogens (primary N) is 1. The molecule has 0 fully saturated rings. The second kappa shape index (κ2) is 5.70. The molecule has 0 saturated heterocycles. The number of thiazole rings is 2. The maximum Gasteiger partial charge on any atom is 0.292 e. The Hall–Kier alpha value is -2.52. The minimum atomic E-state index is -0.426. The van der Waals surface area contributed by atoms with Gasteiger partial charge in [-0.3, -0.25) is 10.1 Å². The number of para-hydroxylation sites is 2. The van der Waals surface area contributed by atoms with E-state index in [0.717, 1.165) is 16.3 Å². The fraction of sp³-hybridized carbons (Fsp3) is 0.0769. The first kappa shape index (κ1) is 14.4. The van der Waals surface area contributed by atoms with Crippen molar-refractivity contribution in [2.24, 2.45) is 0 Å². The number of aromatic nitrogens is 2. The van der Waals surface area contributed by atoms with Crippen molar-refractivity contribution in [1.29, 1.82) is 0 Å². The molecule has 2 aromatic heterocycles. The van der Waals surface area contributed by atoms with Crippen LogP contribution in [0.1, 0.15) is 5.69 Å². The fourth-order valence-electron chi connectivity index (χ4n) is 1.94. The van der Waals surface area contributed by atoms with Crippen LogP contribution >= 0.6 is 22.7 Å². The SMILES string of the molecule is Cc1nc(N)sc1-c1csc(Nc2ccccc2[N+](=O)[O-])n1. The highest BCUT2D eigenvalue weighted by atomic mass is 32.1. The molecule has 0 atom stereocenters. The zero-order chi connectivity index (χ0) is 15.7. The first-order valence-electron chi connectivity index (χ1n) is 6.24. The van der Waals surface area contributed by atoms with Gasteiger partial charge < -0.3 is 11.1 Å². The van der Waals surface area contributed by atoms with Gasteiger partial charge in [0.15, 0.2) is 10.3 Å². The van der Waals surface area contributed by atoms with E-state index in [1.54, 1.807) is 18.2 Å². The molecule has 0 saturated carbocycles. The van der Waals surface area contributed by atoms with Gasteiger partial charge in [0, 0.05) is 11.4 Å². The zero-order valence-electron chi connectivity index (χ0n) is 11.4. The molecule has 3 aromatic rings. The third-order valence-electron chi connectivity index (χ3n) is 2.89. The lowest BCUT2D eigenvalue weighted by Gasteiger charge is -2.02. The summed E-state index contributed by atoms with van der Waals surface area (Å²) in [5.41, 5.74) is 7.70. The summed E-state index contributed by atoms with van der Waals surface area (Å²) in [5, 5.41) is 16.9. The topological polar surface area (TPSA) is 107 Å². The fourth-order valence-corrected chi connectivity index (χ4v) is 3.53. The number of hydrogen-bond acceptors (Lipinski definition) is 8. The zero-order valence-corrected chi connectivity index (χ0v) is 13.1.